The first-order valence-corrected chi connectivity index (χ1v) is 5.87. The maximum atomic E-state index is 11.9. The van der Waals surface area contributed by atoms with Crippen LogP contribution < -0.4 is 0 Å². The van der Waals surface area contributed by atoms with E-state index in [1.807, 2.05) is 0 Å². The first-order valence-electron chi connectivity index (χ1n) is 5.87. The van der Waals surface area contributed by atoms with Gasteiger partial charge in [-0.25, -0.2) is 9.59 Å². The average Bonchev–Trinajstić information content (AvgIpc) is 2.44. The van der Waals surface area contributed by atoms with E-state index in [1.54, 1.807) is 4.90 Å². The van der Waals surface area contributed by atoms with E-state index in [1.165, 1.54) is 14.0 Å². The van der Waals surface area contributed by atoms with Crippen molar-refractivity contribution in [3.63, 3.8) is 0 Å². The van der Waals surface area contributed by atoms with Crippen LogP contribution in [0.15, 0.2) is 12.2 Å². The van der Waals surface area contributed by atoms with Crippen molar-refractivity contribution >= 4 is 17.8 Å². The van der Waals surface area contributed by atoms with Crippen molar-refractivity contribution in [1.82, 2.24) is 4.90 Å². The van der Waals surface area contributed by atoms with Crippen molar-refractivity contribution in [2.45, 2.75) is 13.0 Å². The van der Waals surface area contributed by atoms with Crippen LogP contribution in [-0.2, 0) is 28.6 Å². The fraction of sp³-hybridized carbons (Fsp3) is 0.583. The van der Waals surface area contributed by atoms with Gasteiger partial charge in [0, 0.05) is 25.2 Å². The molecule has 7 nitrogen and oxygen atoms in total. The predicted molar refractivity (Wildman–Crippen MR) is 64.1 cm³/mol. The molecule has 0 bridgehead atoms. The third kappa shape index (κ3) is 5.09. The second-order valence-electron chi connectivity index (χ2n) is 3.87. The Hall–Kier alpha value is -1.89. The number of carbonyl (C=O) groups excluding carboxylic acids is 3. The highest BCUT2D eigenvalue weighted by Gasteiger charge is 2.24. The van der Waals surface area contributed by atoms with E-state index in [9.17, 15) is 14.4 Å². The molecule has 0 N–H and O–H groups in total. The zero-order valence-electron chi connectivity index (χ0n) is 11.0. The molecule has 0 aromatic carbocycles. The van der Waals surface area contributed by atoms with Crippen LogP contribution in [0.5, 0.6) is 0 Å². The van der Waals surface area contributed by atoms with Gasteiger partial charge < -0.3 is 19.1 Å². The maximum Gasteiger partial charge on any atom is 0.331 e. The number of nitrogens with zero attached hydrogens (tertiary/aromatic N) is 1. The minimum atomic E-state index is -0.895. The monoisotopic (exact) mass is 271 g/mol. The van der Waals surface area contributed by atoms with Crippen molar-refractivity contribution in [3.05, 3.63) is 12.2 Å². The van der Waals surface area contributed by atoms with Crippen LogP contribution in [0.2, 0.25) is 0 Å². The summed E-state index contributed by atoms with van der Waals surface area (Å²) < 4.78 is 14.3. The highest BCUT2D eigenvalue weighted by Crippen LogP contribution is 2.04. The van der Waals surface area contributed by atoms with E-state index in [0.717, 1.165) is 12.2 Å². The maximum absolute atomic E-state index is 11.9. The van der Waals surface area contributed by atoms with E-state index in [0.29, 0.717) is 26.3 Å². The van der Waals surface area contributed by atoms with Crippen molar-refractivity contribution in [2.75, 3.05) is 33.4 Å². The van der Waals surface area contributed by atoms with Crippen molar-refractivity contribution in [3.8, 4) is 0 Å². The van der Waals surface area contributed by atoms with Gasteiger partial charge in [-0.2, -0.15) is 0 Å². The largest absolute Gasteiger partial charge is 0.466 e. The molecule has 19 heavy (non-hydrogen) atoms. The van der Waals surface area contributed by atoms with E-state index < -0.39 is 18.0 Å². The Kier molecular flexibility index (Phi) is 6.01. The van der Waals surface area contributed by atoms with Crippen LogP contribution in [0.4, 0.5) is 0 Å². The number of amides is 1. The zero-order valence-corrected chi connectivity index (χ0v) is 11.0. The van der Waals surface area contributed by atoms with E-state index in [2.05, 4.69) is 4.74 Å². The summed E-state index contributed by atoms with van der Waals surface area (Å²) >= 11 is 0. The van der Waals surface area contributed by atoms with E-state index in [4.69, 9.17) is 9.47 Å². The van der Waals surface area contributed by atoms with Gasteiger partial charge in [-0.15, -0.1) is 0 Å². The second kappa shape index (κ2) is 7.52. The molecule has 1 aliphatic rings. The molecule has 1 unspecified atom stereocenters. The summed E-state index contributed by atoms with van der Waals surface area (Å²) in [6.45, 7) is 3.42. The molecular weight excluding hydrogens is 254 g/mol. The van der Waals surface area contributed by atoms with Crippen LogP contribution in [0.1, 0.15) is 6.92 Å². The fourth-order valence-electron chi connectivity index (χ4n) is 1.51. The minimum Gasteiger partial charge on any atom is -0.466 e. The molecule has 106 valence electrons. The summed E-state index contributed by atoms with van der Waals surface area (Å²) in [7, 11) is 1.20. The molecule has 0 aliphatic carbocycles. The molecule has 0 aromatic heterocycles. The smallest absolute Gasteiger partial charge is 0.331 e. The number of morpholine rings is 1. The van der Waals surface area contributed by atoms with Gasteiger partial charge in [0.1, 0.15) is 0 Å². The lowest BCUT2D eigenvalue weighted by Crippen LogP contribution is -2.45. The summed E-state index contributed by atoms with van der Waals surface area (Å²) in [5, 5.41) is 0. The first kappa shape index (κ1) is 15.2. The molecule has 1 saturated heterocycles. The molecular formula is C12H17NO6. The van der Waals surface area contributed by atoms with Gasteiger partial charge in [0.2, 0.25) is 0 Å². The number of rotatable bonds is 4. The molecule has 1 amide bonds. The number of ether oxygens (including phenoxy) is 3. The third-order valence-electron chi connectivity index (χ3n) is 2.52. The lowest BCUT2D eigenvalue weighted by atomic mass is 10.3. The molecule has 1 atom stereocenters. The number of hydrogen-bond acceptors (Lipinski definition) is 6. The number of methoxy groups -OCH3 is 1. The lowest BCUT2D eigenvalue weighted by molar-refractivity contribution is -0.157. The Labute approximate surface area is 111 Å². The average molecular weight is 271 g/mol. The van der Waals surface area contributed by atoms with Gasteiger partial charge >= 0.3 is 11.9 Å². The Morgan fingerprint density at radius 3 is 2.32 bits per heavy atom. The van der Waals surface area contributed by atoms with E-state index in [-0.39, 0.29) is 5.91 Å². The highest BCUT2D eigenvalue weighted by molar-refractivity contribution is 5.93. The van der Waals surface area contributed by atoms with Crippen LogP contribution in [0.3, 0.4) is 0 Å². The summed E-state index contributed by atoms with van der Waals surface area (Å²) in [5.74, 6) is -1.70. The zero-order chi connectivity index (χ0) is 14.3. The van der Waals surface area contributed by atoms with Crippen LogP contribution >= 0.6 is 0 Å². The predicted octanol–water partition coefficient (Wildman–Crippen LogP) is -0.494. The van der Waals surface area contributed by atoms with Gasteiger partial charge in [0.05, 0.1) is 20.3 Å². The molecule has 1 rings (SSSR count). The fourth-order valence-corrected chi connectivity index (χ4v) is 1.51. The molecule has 0 spiro atoms. The molecule has 1 heterocycles. The van der Waals surface area contributed by atoms with Crippen LogP contribution in [0, 0.1) is 0 Å². The first-order chi connectivity index (χ1) is 9.04. The molecule has 0 radical (unpaired) electrons. The normalized spacial score (nSPS) is 17.1. The summed E-state index contributed by atoms with van der Waals surface area (Å²) in [4.78, 5) is 35.6. The SMILES string of the molecule is COC(=O)/C=C/C(=O)OC(C)C(=O)N1CCOCC1. The summed E-state index contributed by atoms with van der Waals surface area (Å²) in [6, 6.07) is 0. The van der Waals surface area contributed by atoms with Crippen molar-refractivity contribution in [2.24, 2.45) is 0 Å². The van der Waals surface area contributed by atoms with Gasteiger partial charge in [-0.1, -0.05) is 0 Å². The Bertz CT molecular complexity index is 372. The van der Waals surface area contributed by atoms with Gasteiger partial charge in [-0.05, 0) is 6.92 Å². The standard InChI is InChI=1S/C12H17NO6/c1-9(12(16)13-5-7-18-8-6-13)19-11(15)4-3-10(14)17-2/h3-4,9H,5-8H2,1-2H3/b4-3+. The van der Waals surface area contributed by atoms with Gasteiger partial charge in [0.15, 0.2) is 6.10 Å². The third-order valence-corrected chi connectivity index (χ3v) is 2.52. The number of carbonyl (C=O) groups is 3. The Morgan fingerprint density at radius 2 is 1.74 bits per heavy atom. The molecule has 1 fully saturated rings. The number of esters is 2. The topological polar surface area (TPSA) is 82.1 Å². The van der Waals surface area contributed by atoms with Crippen LogP contribution in [0.25, 0.3) is 0 Å². The molecule has 0 aromatic rings. The summed E-state index contributed by atoms with van der Waals surface area (Å²) in [6.07, 6.45) is 0.969. The Morgan fingerprint density at radius 1 is 1.16 bits per heavy atom. The van der Waals surface area contributed by atoms with Crippen molar-refractivity contribution in [1.29, 1.82) is 0 Å². The number of hydrogen-bond donors (Lipinski definition) is 0. The van der Waals surface area contributed by atoms with Gasteiger partial charge in [-0.3, -0.25) is 4.79 Å². The quantitative estimate of drug-likeness (QED) is 0.507. The summed E-state index contributed by atoms with van der Waals surface area (Å²) in [5.41, 5.74) is 0. The lowest BCUT2D eigenvalue weighted by Gasteiger charge is -2.28. The van der Waals surface area contributed by atoms with Crippen molar-refractivity contribution < 1.29 is 28.6 Å². The minimum absolute atomic E-state index is 0.275. The van der Waals surface area contributed by atoms with Gasteiger partial charge in [0.25, 0.3) is 5.91 Å². The molecule has 1 aliphatic heterocycles. The second-order valence-corrected chi connectivity index (χ2v) is 3.87. The molecule has 7 heteroatoms. The molecule has 0 saturated carbocycles. The Balaban J connectivity index is 2.42. The van der Waals surface area contributed by atoms with E-state index >= 15 is 0 Å². The highest BCUT2D eigenvalue weighted by atomic mass is 16.5. The van der Waals surface area contributed by atoms with Crippen LogP contribution in [-0.4, -0.2) is 62.3 Å².